The van der Waals surface area contributed by atoms with Crippen molar-refractivity contribution in [2.75, 3.05) is 0 Å². The topological polar surface area (TPSA) is 42.7 Å². The minimum atomic E-state index is -0.325. The van der Waals surface area contributed by atoms with Gasteiger partial charge in [-0.3, -0.25) is 4.98 Å². The van der Waals surface area contributed by atoms with Gasteiger partial charge in [0.15, 0.2) is 0 Å². The molecule has 2 aromatic heterocycles. The van der Waals surface area contributed by atoms with Crippen LogP contribution in [0.4, 0.5) is 4.39 Å². The summed E-state index contributed by atoms with van der Waals surface area (Å²) in [5.41, 5.74) is 0.781. The molecule has 0 bridgehead atoms. The van der Waals surface area contributed by atoms with Crippen LogP contribution in [0.25, 0.3) is 0 Å². The average Bonchev–Trinajstić information content (AvgIpc) is 2.85. The highest BCUT2D eigenvalue weighted by atomic mass is 19.1. The summed E-state index contributed by atoms with van der Waals surface area (Å²) in [4.78, 5) is 8.65. The molecule has 2 rings (SSSR count). The Morgan fingerprint density at radius 1 is 1.30 bits per heavy atom. The maximum Gasteiger partial charge on any atom is 0.141 e. The number of rotatable bonds is 6. The molecule has 5 heteroatoms. The summed E-state index contributed by atoms with van der Waals surface area (Å²) in [7, 11) is 0. The molecular weight excluding hydrogens is 255 g/mol. The molecule has 4 nitrogen and oxygen atoms in total. The Bertz CT molecular complexity index is 533. The van der Waals surface area contributed by atoms with Crippen molar-refractivity contribution in [2.24, 2.45) is 0 Å². The van der Waals surface area contributed by atoms with Gasteiger partial charge in [0.25, 0.3) is 0 Å². The van der Waals surface area contributed by atoms with Gasteiger partial charge in [-0.25, -0.2) is 9.37 Å². The molecule has 0 amide bonds. The van der Waals surface area contributed by atoms with Crippen LogP contribution >= 0.6 is 0 Å². The molecule has 2 aromatic rings. The smallest absolute Gasteiger partial charge is 0.141 e. The van der Waals surface area contributed by atoms with E-state index in [9.17, 15) is 4.39 Å². The lowest BCUT2D eigenvalue weighted by atomic mass is 10.1. The zero-order valence-electron chi connectivity index (χ0n) is 12.2. The second kappa shape index (κ2) is 6.61. The van der Waals surface area contributed by atoms with Crippen LogP contribution < -0.4 is 5.32 Å². The van der Waals surface area contributed by atoms with Crippen molar-refractivity contribution in [1.29, 1.82) is 0 Å². The van der Waals surface area contributed by atoms with Crippen LogP contribution in [-0.2, 0) is 6.54 Å². The first-order chi connectivity index (χ1) is 9.61. The summed E-state index contributed by atoms with van der Waals surface area (Å²) in [6.45, 7) is 7.19. The Morgan fingerprint density at radius 3 is 2.70 bits per heavy atom. The van der Waals surface area contributed by atoms with Crippen LogP contribution in [0.2, 0.25) is 0 Å². The van der Waals surface area contributed by atoms with Gasteiger partial charge < -0.3 is 9.88 Å². The number of hydrogen-bond acceptors (Lipinski definition) is 3. The van der Waals surface area contributed by atoms with Crippen LogP contribution in [0.15, 0.2) is 30.7 Å². The standard InChI is InChI=1S/C15H21FN4/c1-4-8-20-9-7-17-15(20)14(19-11(2)3)13-6-5-12(16)10-18-13/h5-7,9-11,14,19H,4,8H2,1-3H3. The lowest BCUT2D eigenvalue weighted by Crippen LogP contribution is -2.31. The van der Waals surface area contributed by atoms with Gasteiger partial charge in [-0.1, -0.05) is 6.92 Å². The molecule has 1 atom stereocenters. The summed E-state index contributed by atoms with van der Waals surface area (Å²) in [5.74, 6) is 0.591. The summed E-state index contributed by atoms with van der Waals surface area (Å²) < 4.78 is 15.2. The molecular formula is C15H21FN4. The van der Waals surface area contributed by atoms with E-state index in [1.165, 1.54) is 12.3 Å². The lowest BCUT2D eigenvalue weighted by Gasteiger charge is -2.21. The molecule has 108 valence electrons. The molecule has 1 N–H and O–H groups in total. The zero-order valence-corrected chi connectivity index (χ0v) is 12.2. The Labute approximate surface area is 119 Å². The Hall–Kier alpha value is -1.75. The molecule has 0 aliphatic rings. The third-order valence-electron chi connectivity index (χ3n) is 3.02. The van der Waals surface area contributed by atoms with Gasteiger partial charge in [0, 0.05) is 25.0 Å². The van der Waals surface area contributed by atoms with Crippen LogP contribution in [0.1, 0.15) is 44.8 Å². The van der Waals surface area contributed by atoms with E-state index in [2.05, 4.69) is 40.6 Å². The Balaban J connectivity index is 2.36. The maximum absolute atomic E-state index is 13.1. The highest BCUT2D eigenvalue weighted by molar-refractivity contribution is 5.19. The molecule has 0 aliphatic carbocycles. The van der Waals surface area contributed by atoms with E-state index in [0.29, 0.717) is 0 Å². The summed E-state index contributed by atoms with van der Waals surface area (Å²) in [6, 6.07) is 3.29. The molecule has 0 spiro atoms. The molecule has 0 saturated heterocycles. The molecule has 0 radical (unpaired) electrons. The molecule has 0 aliphatic heterocycles. The largest absolute Gasteiger partial charge is 0.333 e. The first-order valence-electron chi connectivity index (χ1n) is 7.00. The second-order valence-corrected chi connectivity index (χ2v) is 5.13. The van der Waals surface area contributed by atoms with Gasteiger partial charge in [-0.2, -0.15) is 0 Å². The normalized spacial score (nSPS) is 12.8. The number of aryl methyl sites for hydroxylation is 1. The predicted molar refractivity (Wildman–Crippen MR) is 76.8 cm³/mol. The number of nitrogens with one attached hydrogen (secondary N) is 1. The van der Waals surface area contributed by atoms with Gasteiger partial charge >= 0.3 is 0 Å². The zero-order chi connectivity index (χ0) is 14.5. The van der Waals surface area contributed by atoms with Gasteiger partial charge in [0.1, 0.15) is 17.7 Å². The third kappa shape index (κ3) is 3.42. The predicted octanol–water partition coefficient (Wildman–Crippen LogP) is 2.91. The fourth-order valence-corrected chi connectivity index (χ4v) is 2.19. The van der Waals surface area contributed by atoms with Gasteiger partial charge in [0.05, 0.1) is 11.9 Å². The molecule has 2 heterocycles. The highest BCUT2D eigenvalue weighted by Gasteiger charge is 2.21. The summed E-state index contributed by atoms with van der Waals surface area (Å²) in [5, 5.41) is 3.45. The quantitative estimate of drug-likeness (QED) is 0.882. The number of hydrogen-bond donors (Lipinski definition) is 1. The average molecular weight is 276 g/mol. The minimum absolute atomic E-state index is 0.128. The molecule has 0 saturated carbocycles. The number of aromatic nitrogens is 3. The molecule has 0 aromatic carbocycles. The first kappa shape index (κ1) is 14.7. The third-order valence-corrected chi connectivity index (χ3v) is 3.02. The van der Waals surface area contributed by atoms with E-state index in [1.807, 2.05) is 6.20 Å². The first-order valence-corrected chi connectivity index (χ1v) is 7.00. The molecule has 0 fully saturated rings. The fraction of sp³-hybridized carbons (Fsp3) is 0.467. The van der Waals surface area contributed by atoms with Crippen molar-refractivity contribution in [3.63, 3.8) is 0 Å². The minimum Gasteiger partial charge on any atom is -0.333 e. The van der Waals surface area contributed by atoms with Crippen LogP contribution in [-0.4, -0.2) is 20.6 Å². The highest BCUT2D eigenvalue weighted by Crippen LogP contribution is 2.20. The van der Waals surface area contributed by atoms with Gasteiger partial charge in [0.2, 0.25) is 0 Å². The Kier molecular flexibility index (Phi) is 4.84. The van der Waals surface area contributed by atoms with E-state index in [1.54, 1.807) is 12.3 Å². The number of nitrogens with zero attached hydrogens (tertiary/aromatic N) is 3. The van der Waals surface area contributed by atoms with Crippen LogP contribution in [0, 0.1) is 5.82 Å². The summed E-state index contributed by atoms with van der Waals surface area (Å²) >= 11 is 0. The van der Waals surface area contributed by atoms with E-state index in [-0.39, 0.29) is 17.9 Å². The fourth-order valence-electron chi connectivity index (χ4n) is 2.19. The van der Waals surface area contributed by atoms with Crippen molar-refractivity contribution in [2.45, 2.75) is 45.8 Å². The van der Waals surface area contributed by atoms with Gasteiger partial charge in [-0.15, -0.1) is 0 Å². The Morgan fingerprint density at radius 2 is 2.10 bits per heavy atom. The number of imidazole rings is 1. The van der Waals surface area contributed by atoms with Crippen LogP contribution in [0.3, 0.4) is 0 Å². The van der Waals surface area contributed by atoms with E-state index >= 15 is 0 Å². The second-order valence-electron chi connectivity index (χ2n) is 5.13. The van der Waals surface area contributed by atoms with Crippen molar-refractivity contribution < 1.29 is 4.39 Å². The molecule has 1 unspecified atom stereocenters. The van der Waals surface area contributed by atoms with Crippen molar-refractivity contribution in [3.05, 3.63) is 48.1 Å². The number of pyridine rings is 1. The van der Waals surface area contributed by atoms with E-state index in [4.69, 9.17) is 0 Å². The summed E-state index contributed by atoms with van der Waals surface area (Å²) in [6.07, 6.45) is 6.05. The van der Waals surface area contributed by atoms with Gasteiger partial charge in [-0.05, 0) is 32.4 Å². The van der Waals surface area contributed by atoms with Crippen molar-refractivity contribution in [3.8, 4) is 0 Å². The lowest BCUT2D eigenvalue weighted by molar-refractivity contribution is 0.477. The number of halogens is 1. The molecule has 20 heavy (non-hydrogen) atoms. The maximum atomic E-state index is 13.1. The SMILES string of the molecule is CCCn1ccnc1C(NC(C)C)c1ccc(F)cn1. The van der Waals surface area contributed by atoms with Crippen molar-refractivity contribution in [1.82, 2.24) is 19.9 Å². The monoisotopic (exact) mass is 276 g/mol. The van der Waals surface area contributed by atoms with Crippen molar-refractivity contribution >= 4 is 0 Å². The van der Waals surface area contributed by atoms with E-state index < -0.39 is 0 Å². The van der Waals surface area contributed by atoms with Crippen LogP contribution in [0.5, 0.6) is 0 Å². The van der Waals surface area contributed by atoms with E-state index in [0.717, 1.165) is 24.5 Å².